The molecule has 0 unspecified atom stereocenters. The highest BCUT2D eigenvalue weighted by atomic mass is 35.5. The molecule has 1 saturated carbocycles. The molecule has 1 heterocycles. The first-order valence-corrected chi connectivity index (χ1v) is 7.80. The molecule has 122 valence electrons. The molecule has 1 aromatic rings. The summed E-state index contributed by atoms with van der Waals surface area (Å²) in [5.41, 5.74) is 1.63. The molecule has 1 aromatic carbocycles. The predicted octanol–water partition coefficient (Wildman–Crippen LogP) is 3.93. The Morgan fingerprint density at radius 2 is 2.22 bits per heavy atom. The van der Waals surface area contributed by atoms with Crippen LogP contribution in [0.4, 0.5) is 8.78 Å². The van der Waals surface area contributed by atoms with Crippen molar-refractivity contribution in [3.05, 3.63) is 46.5 Å². The van der Waals surface area contributed by atoms with Gasteiger partial charge in [-0.2, -0.15) is 0 Å². The van der Waals surface area contributed by atoms with E-state index in [0.717, 1.165) is 29.7 Å². The molecular weight excluding hydrogens is 324 g/mol. The number of hydrogen-bond acceptors (Lipinski definition) is 2. The maximum Gasteiger partial charge on any atom is 0.255 e. The van der Waals surface area contributed by atoms with E-state index in [1.807, 2.05) is 6.08 Å². The van der Waals surface area contributed by atoms with Crippen molar-refractivity contribution in [3.8, 4) is 5.75 Å². The van der Waals surface area contributed by atoms with Crippen molar-refractivity contribution in [3.63, 3.8) is 0 Å². The summed E-state index contributed by atoms with van der Waals surface area (Å²) in [6.45, 7) is -0.182. The van der Waals surface area contributed by atoms with Crippen molar-refractivity contribution >= 4 is 23.6 Å². The summed E-state index contributed by atoms with van der Waals surface area (Å²) in [7, 11) is 0. The Balaban J connectivity index is 1.71. The molecule has 0 N–H and O–H groups in total. The summed E-state index contributed by atoms with van der Waals surface area (Å²) in [5.74, 6) is 0.348. The summed E-state index contributed by atoms with van der Waals surface area (Å²) in [6, 6.07) is 5.27. The first-order valence-electron chi connectivity index (χ1n) is 7.42. The van der Waals surface area contributed by atoms with Crippen molar-refractivity contribution in [2.45, 2.75) is 25.3 Å². The number of carbonyl (C=O) groups excluding carboxylic acids is 1. The third-order valence-corrected chi connectivity index (χ3v) is 3.99. The van der Waals surface area contributed by atoms with E-state index in [-0.39, 0.29) is 11.9 Å². The molecule has 3 rings (SSSR count). The molecule has 0 saturated heterocycles. The average Bonchev–Trinajstić information content (AvgIpc) is 3.34. The number of rotatable bonds is 5. The fraction of sp³-hybridized carbons (Fsp3) is 0.353. The topological polar surface area (TPSA) is 29.5 Å². The van der Waals surface area contributed by atoms with Gasteiger partial charge in [0.2, 0.25) is 5.91 Å². The minimum Gasteiger partial charge on any atom is -0.488 e. The van der Waals surface area contributed by atoms with Gasteiger partial charge in [0.25, 0.3) is 6.43 Å². The molecule has 2 aliphatic rings. The van der Waals surface area contributed by atoms with Crippen molar-refractivity contribution < 1.29 is 18.3 Å². The lowest BCUT2D eigenvalue weighted by molar-refractivity contribution is -0.128. The number of hydrogen-bond donors (Lipinski definition) is 0. The molecule has 1 aliphatic heterocycles. The number of alkyl halides is 2. The second-order valence-electron chi connectivity index (χ2n) is 5.64. The summed E-state index contributed by atoms with van der Waals surface area (Å²) in [5, 5.41) is 0.599. The number of benzene rings is 1. The molecule has 1 aliphatic carbocycles. The molecule has 1 fully saturated rings. The Morgan fingerprint density at radius 3 is 2.91 bits per heavy atom. The van der Waals surface area contributed by atoms with Crippen LogP contribution in [0.2, 0.25) is 5.02 Å². The maximum atomic E-state index is 12.6. The minimum atomic E-state index is -2.51. The van der Waals surface area contributed by atoms with E-state index in [1.54, 1.807) is 24.3 Å². The van der Waals surface area contributed by atoms with Crippen LogP contribution in [-0.4, -0.2) is 36.4 Å². The summed E-state index contributed by atoms with van der Waals surface area (Å²) in [4.78, 5) is 13.4. The summed E-state index contributed by atoms with van der Waals surface area (Å²) in [6.07, 6.45) is 3.91. The van der Waals surface area contributed by atoms with E-state index in [1.165, 1.54) is 11.0 Å². The van der Waals surface area contributed by atoms with E-state index in [2.05, 4.69) is 0 Å². The number of halogens is 3. The van der Waals surface area contributed by atoms with Gasteiger partial charge in [-0.05, 0) is 42.7 Å². The third kappa shape index (κ3) is 4.10. The van der Waals surface area contributed by atoms with Crippen LogP contribution in [-0.2, 0) is 4.79 Å². The Bertz CT molecular complexity index is 669. The zero-order valence-electron chi connectivity index (χ0n) is 12.3. The second kappa shape index (κ2) is 6.71. The lowest BCUT2D eigenvalue weighted by Gasteiger charge is -2.20. The highest BCUT2D eigenvalue weighted by Crippen LogP contribution is 2.30. The van der Waals surface area contributed by atoms with E-state index < -0.39 is 13.0 Å². The van der Waals surface area contributed by atoms with E-state index in [9.17, 15) is 13.6 Å². The van der Waals surface area contributed by atoms with Gasteiger partial charge in [-0.3, -0.25) is 4.79 Å². The molecule has 0 atom stereocenters. The quantitative estimate of drug-likeness (QED) is 0.761. The molecule has 23 heavy (non-hydrogen) atoms. The van der Waals surface area contributed by atoms with Gasteiger partial charge in [-0.1, -0.05) is 17.7 Å². The lowest BCUT2D eigenvalue weighted by atomic mass is 10.1. The smallest absolute Gasteiger partial charge is 0.255 e. The fourth-order valence-corrected chi connectivity index (χ4v) is 2.67. The summed E-state index contributed by atoms with van der Waals surface area (Å²) >= 11 is 5.95. The molecule has 0 radical (unpaired) electrons. The van der Waals surface area contributed by atoms with Crippen molar-refractivity contribution in [1.82, 2.24) is 4.90 Å². The monoisotopic (exact) mass is 339 g/mol. The molecule has 0 spiro atoms. The van der Waals surface area contributed by atoms with Gasteiger partial charge in [0, 0.05) is 22.7 Å². The number of carbonyl (C=O) groups is 1. The molecular formula is C17H16ClF2NO2. The first kappa shape index (κ1) is 16.0. The molecule has 6 heteroatoms. The van der Waals surface area contributed by atoms with E-state index in [0.29, 0.717) is 11.6 Å². The highest BCUT2D eigenvalue weighted by Gasteiger charge is 2.33. The van der Waals surface area contributed by atoms with Crippen LogP contribution >= 0.6 is 11.6 Å². The normalized spacial score (nSPS) is 17.0. The maximum absolute atomic E-state index is 12.6. The van der Waals surface area contributed by atoms with E-state index >= 15 is 0 Å². The minimum absolute atomic E-state index is 0.0442. The second-order valence-corrected chi connectivity index (χ2v) is 6.07. The van der Waals surface area contributed by atoms with Gasteiger partial charge < -0.3 is 9.64 Å². The Hall–Kier alpha value is -1.88. The van der Waals surface area contributed by atoms with Gasteiger partial charge in [0.05, 0.1) is 6.54 Å². The molecule has 0 aromatic heterocycles. The average molecular weight is 340 g/mol. The predicted molar refractivity (Wildman–Crippen MR) is 84.8 cm³/mol. The van der Waals surface area contributed by atoms with Crippen LogP contribution in [0.25, 0.3) is 6.08 Å². The van der Waals surface area contributed by atoms with Gasteiger partial charge in [0.1, 0.15) is 12.4 Å². The Morgan fingerprint density at radius 1 is 1.43 bits per heavy atom. The van der Waals surface area contributed by atoms with Crippen LogP contribution < -0.4 is 4.74 Å². The third-order valence-electron chi connectivity index (χ3n) is 3.75. The van der Waals surface area contributed by atoms with Crippen molar-refractivity contribution in [2.75, 3.05) is 13.2 Å². The summed E-state index contributed by atoms with van der Waals surface area (Å²) < 4.78 is 30.7. The lowest BCUT2D eigenvalue weighted by Crippen LogP contribution is -2.35. The molecule has 1 amide bonds. The first-order chi connectivity index (χ1) is 11.0. The van der Waals surface area contributed by atoms with Crippen LogP contribution in [0.3, 0.4) is 0 Å². The Labute approximate surface area is 138 Å². The van der Waals surface area contributed by atoms with Gasteiger partial charge in [-0.15, -0.1) is 0 Å². The molecule has 0 bridgehead atoms. The fourth-order valence-electron chi connectivity index (χ4n) is 2.49. The van der Waals surface area contributed by atoms with Crippen LogP contribution in [0, 0.1) is 0 Å². The van der Waals surface area contributed by atoms with Crippen molar-refractivity contribution in [2.24, 2.45) is 0 Å². The number of fused-ring (bicyclic) bond motifs is 1. The SMILES string of the molecule is O=C(/C=C/C1=Cc2cc(Cl)ccc2OC1)N(CC(F)F)C1CC1. The zero-order valence-corrected chi connectivity index (χ0v) is 13.1. The van der Waals surface area contributed by atoms with E-state index in [4.69, 9.17) is 16.3 Å². The van der Waals surface area contributed by atoms with Gasteiger partial charge >= 0.3 is 0 Å². The number of nitrogens with zero attached hydrogens (tertiary/aromatic N) is 1. The zero-order chi connectivity index (χ0) is 16.4. The highest BCUT2D eigenvalue weighted by molar-refractivity contribution is 6.30. The van der Waals surface area contributed by atoms with Crippen LogP contribution in [0.1, 0.15) is 18.4 Å². The standard InChI is InChI=1S/C17H16ClF2NO2/c18-13-2-5-15-12(8-13)7-11(10-23-15)1-6-17(22)21(9-16(19)20)14-3-4-14/h1-2,5-8,14,16H,3-4,9-10H2/b6-1+. The van der Waals surface area contributed by atoms with Gasteiger partial charge in [-0.25, -0.2) is 8.78 Å². The van der Waals surface area contributed by atoms with Crippen molar-refractivity contribution in [1.29, 1.82) is 0 Å². The van der Waals surface area contributed by atoms with Crippen LogP contribution in [0.5, 0.6) is 5.75 Å². The largest absolute Gasteiger partial charge is 0.488 e. The number of amides is 1. The Kier molecular flexibility index (Phi) is 4.66. The van der Waals surface area contributed by atoms with Gasteiger partial charge in [0.15, 0.2) is 0 Å². The van der Waals surface area contributed by atoms with Crippen LogP contribution in [0.15, 0.2) is 35.9 Å². The number of ether oxygens (including phenoxy) is 1. The molecule has 3 nitrogen and oxygen atoms in total.